The summed E-state index contributed by atoms with van der Waals surface area (Å²) < 4.78 is 0. The highest BCUT2D eigenvalue weighted by Crippen LogP contribution is 2.49. The van der Waals surface area contributed by atoms with Gasteiger partial charge in [0.05, 0.1) is 11.1 Å². The van der Waals surface area contributed by atoms with Gasteiger partial charge in [-0.2, -0.15) is 0 Å². The van der Waals surface area contributed by atoms with E-state index in [4.69, 9.17) is 10.2 Å². The number of rotatable bonds is 4. The summed E-state index contributed by atoms with van der Waals surface area (Å²) >= 11 is 0. The lowest BCUT2D eigenvalue weighted by Crippen LogP contribution is -2.22. The molecule has 0 radical (unpaired) electrons. The van der Waals surface area contributed by atoms with Gasteiger partial charge in [0.1, 0.15) is 0 Å². The van der Waals surface area contributed by atoms with Crippen LogP contribution in [0.3, 0.4) is 0 Å². The van der Waals surface area contributed by atoms with Crippen molar-refractivity contribution in [1.29, 1.82) is 0 Å². The van der Waals surface area contributed by atoms with Crippen molar-refractivity contribution in [1.82, 2.24) is 0 Å². The highest BCUT2D eigenvalue weighted by molar-refractivity contribution is 5.88. The fourth-order valence-electron chi connectivity index (χ4n) is 3.04. The van der Waals surface area contributed by atoms with E-state index >= 15 is 0 Å². The zero-order valence-electron chi connectivity index (χ0n) is 11.9. The predicted octanol–water partition coefficient (Wildman–Crippen LogP) is 3.74. The van der Waals surface area contributed by atoms with Crippen LogP contribution in [0.15, 0.2) is 48.5 Å². The summed E-state index contributed by atoms with van der Waals surface area (Å²) in [5.41, 5.74) is 2.88. The van der Waals surface area contributed by atoms with Crippen LogP contribution in [0, 0.1) is 0 Å². The van der Waals surface area contributed by atoms with Gasteiger partial charge in [-0.15, -0.1) is 0 Å². The van der Waals surface area contributed by atoms with Gasteiger partial charge in [-0.1, -0.05) is 24.3 Å². The maximum atomic E-state index is 10.9. The van der Waals surface area contributed by atoms with Gasteiger partial charge in [-0.3, -0.25) is 0 Å². The molecule has 2 N–H and O–H groups in total. The first kappa shape index (κ1) is 14.3. The lowest BCUT2D eigenvalue weighted by Gasteiger charge is -2.37. The molecule has 2 atom stereocenters. The molecule has 0 aromatic heterocycles. The minimum atomic E-state index is -0.916. The Morgan fingerprint density at radius 2 is 1.00 bits per heavy atom. The number of hydrogen-bond acceptors (Lipinski definition) is 2. The molecule has 1 saturated carbocycles. The van der Waals surface area contributed by atoms with Gasteiger partial charge in [-0.05, 0) is 60.1 Å². The number of carboxylic acids is 2. The highest BCUT2D eigenvalue weighted by Gasteiger charge is 2.33. The standard InChI is InChI=1S/C18H16O4/c19-17(20)13-5-1-11(2-6-13)15-9-10-16(15)12-3-7-14(8-4-12)18(21)22/h1-8,15-16H,9-10H2,(H,19,20)(H,21,22)/t15-,16?/m1/s1. The molecule has 4 heteroatoms. The number of carbonyl (C=O) groups is 2. The summed E-state index contributed by atoms with van der Waals surface area (Å²) in [6.45, 7) is 0. The van der Waals surface area contributed by atoms with E-state index in [1.54, 1.807) is 24.3 Å². The second kappa shape index (κ2) is 5.64. The van der Waals surface area contributed by atoms with E-state index in [-0.39, 0.29) is 0 Å². The molecule has 2 aromatic carbocycles. The molecule has 3 rings (SSSR count). The first-order valence-corrected chi connectivity index (χ1v) is 7.23. The van der Waals surface area contributed by atoms with Crippen molar-refractivity contribution >= 4 is 11.9 Å². The Balaban J connectivity index is 1.78. The molecule has 4 nitrogen and oxygen atoms in total. The molecular formula is C18H16O4. The maximum absolute atomic E-state index is 10.9. The van der Waals surface area contributed by atoms with Gasteiger partial charge in [-0.25, -0.2) is 9.59 Å². The second-order valence-corrected chi connectivity index (χ2v) is 5.64. The lowest BCUT2D eigenvalue weighted by atomic mass is 9.67. The Morgan fingerprint density at radius 3 is 1.23 bits per heavy atom. The van der Waals surface area contributed by atoms with Crippen molar-refractivity contribution < 1.29 is 19.8 Å². The van der Waals surface area contributed by atoms with E-state index in [2.05, 4.69) is 0 Å². The van der Waals surface area contributed by atoms with Crippen molar-refractivity contribution in [3.05, 3.63) is 70.8 Å². The monoisotopic (exact) mass is 296 g/mol. The van der Waals surface area contributed by atoms with Crippen LogP contribution < -0.4 is 0 Å². The van der Waals surface area contributed by atoms with Crippen LogP contribution in [-0.4, -0.2) is 22.2 Å². The van der Waals surface area contributed by atoms with E-state index < -0.39 is 11.9 Å². The predicted molar refractivity (Wildman–Crippen MR) is 81.5 cm³/mol. The minimum absolute atomic E-state index is 0.297. The third kappa shape index (κ3) is 2.60. The molecule has 0 amide bonds. The van der Waals surface area contributed by atoms with E-state index in [1.165, 1.54) is 0 Å². The van der Waals surface area contributed by atoms with Crippen molar-refractivity contribution in [2.75, 3.05) is 0 Å². The Morgan fingerprint density at radius 1 is 0.682 bits per heavy atom. The molecule has 0 bridgehead atoms. The van der Waals surface area contributed by atoms with E-state index in [0.29, 0.717) is 23.0 Å². The molecule has 0 spiro atoms. The van der Waals surface area contributed by atoms with Crippen LogP contribution >= 0.6 is 0 Å². The van der Waals surface area contributed by atoms with Crippen LogP contribution in [0.1, 0.15) is 56.5 Å². The van der Waals surface area contributed by atoms with Crippen molar-refractivity contribution in [3.8, 4) is 0 Å². The average molecular weight is 296 g/mol. The van der Waals surface area contributed by atoms with Gasteiger partial charge in [0.2, 0.25) is 0 Å². The van der Waals surface area contributed by atoms with E-state index in [0.717, 1.165) is 24.0 Å². The quantitative estimate of drug-likeness (QED) is 0.901. The molecule has 1 aliphatic carbocycles. The van der Waals surface area contributed by atoms with Gasteiger partial charge in [0, 0.05) is 0 Å². The molecule has 0 aliphatic heterocycles. The molecule has 1 fully saturated rings. The van der Waals surface area contributed by atoms with E-state index in [9.17, 15) is 9.59 Å². The first-order chi connectivity index (χ1) is 10.6. The molecule has 1 unspecified atom stereocenters. The summed E-state index contributed by atoms with van der Waals surface area (Å²) in [4.78, 5) is 21.8. The second-order valence-electron chi connectivity index (χ2n) is 5.64. The first-order valence-electron chi connectivity index (χ1n) is 7.23. The van der Waals surface area contributed by atoms with Crippen LogP contribution in [0.4, 0.5) is 0 Å². The third-order valence-corrected chi connectivity index (χ3v) is 4.45. The molecule has 0 saturated heterocycles. The van der Waals surface area contributed by atoms with Gasteiger partial charge < -0.3 is 10.2 Å². The normalized spacial score (nSPS) is 20.2. The molecule has 112 valence electrons. The minimum Gasteiger partial charge on any atom is -0.478 e. The topological polar surface area (TPSA) is 74.6 Å². The maximum Gasteiger partial charge on any atom is 0.335 e. The van der Waals surface area contributed by atoms with Crippen LogP contribution in [0.5, 0.6) is 0 Å². The summed E-state index contributed by atoms with van der Waals surface area (Å²) in [5.74, 6) is -1.08. The smallest absolute Gasteiger partial charge is 0.335 e. The fourth-order valence-corrected chi connectivity index (χ4v) is 3.04. The molecular weight excluding hydrogens is 280 g/mol. The summed E-state index contributed by atoms with van der Waals surface area (Å²) in [6, 6.07) is 14.1. The Labute approximate surface area is 128 Å². The Kier molecular flexibility index (Phi) is 3.67. The SMILES string of the molecule is O=C(O)c1ccc(C2CC[C@@H]2c2ccc(C(=O)O)cc2)cc1. The number of hydrogen-bond donors (Lipinski definition) is 2. The Hall–Kier alpha value is -2.62. The van der Waals surface area contributed by atoms with Gasteiger partial charge in [0.15, 0.2) is 0 Å². The fraction of sp³-hybridized carbons (Fsp3) is 0.222. The lowest BCUT2D eigenvalue weighted by molar-refractivity contribution is 0.0686. The molecule has 0 heterocycles. The molecule has 1 aliphatic rings. The summed E-state index contributed by atoms with van der Waals surface area (Å²) in [7, 11) is 0. The summed E-state index contributed by atoms with van der Waals surface area (Å²) in [5, 5.41) is 17.9. The van der Waals surface area contributed by atoms with Crippen molar-refractivity contribution in [3.63, 3.8) is 0 Å². The summed E-state index contributed by atoms with van der Waals surface area (Å²) in [6.07, 6.45) is 2.13. The third-order valence-electron chi connectivity index (χ3n) is 4.45. The van der Waals surface area contributed by atoms with Crippen LogP contribution in [0.25, 0.3) is 0 Å². The Bertz CT molecular complexity index is 637. The number of benzene rings is 2. The number of aromatic carboxylic acids is 2. The van der Waals surface area contributed by atoms with Gasteiger partial charge >= 0.3 is 11.9 Å². The van der Waals surface area contributed by atoms with Crippen molar-refractivity contribution in [2.45, 2.75) is 24.7 Å². The highest BCUT2D eigenvalue weighted by atomic mass is 16.4. The van der Waals surface area contributed by atoms with Gasteiger partial charge in [0.25, 0.3) is 0 Å². The van der Waals surface area contributed by atoms with Crippen LogP contribution in [-0.2, 0) is 0 Å². The van der Waals surface area contributed by atoms with Crippen molar-refractivity contribution in [2.24, 2.45) is 0 Å². The van der Waals surface area contributed by atoms with E-state index in [1.807, 2.05) is 24.3 Å². The zero-order chi connectivity index (χ0) is 15.7. The zero-order valence-corrected chi connectivity index (χ0v) is 11.9. The average Bonchev–Trinajstić information content (AvgIpc) is 2.47. The largest absolute Gasteiger partial charge is 0.478 e. The molecule has 2 aromatic rings. The molecule has 22 heavy (non-hydrogen) atoms. The number of carboxylic acid groups (broad SMARTS) is 2. The van der Waals surface area contributed by atoms with Crippen LogP contribution in [0.2, 0.25) is 0 Å².